The number of fused-ring (bicyclic) bond motifs is 1. The van der Waals surface area contributed by atoms with E-state index in [9.17, 15) is 9.59 Å². The highest BCUT2D eigenvalue weighted by molar-refractivity contribution is 6.01. The number of halogens is 1. The molecule has 4 N–H and O–H groups in total. The van der Waals surface area contributed by atoms with Crippen LogP contribution in [0, 0.1) is 5.82 Å². The number of imide groups is 1. The average molecular weight is 816 g/mol. The molecule has 5 aromatic rings. The number of hydrogen-bond donors (Lipinski definition) is 4. The lowest BCUT2D eigenvalue weighted by atomic mass is 9.89. The highest BCUT2D eigenvalue weighted by atomic mass is 19.1. The van der Waals surface area contributed by atoms with Crippen LogP contribution in [0.5, 0.6) is 0 Å². The Bertz CT molecular complexity index is 2280. The van der Waals surface area contributed by atoms with Gasteiger partial charge in [-0.3, -0.25) is 34.3 Å². The van der Waals surface area contributed by atoms with Crippen LogP contribution in [0.25, 0.3) is 11.2 Å². The number of aromatic nitrogens is 5. The molecule has 4 saturated heterocycles. The van der Waals surface area contributed by atoms with Crippen LogP contribution in [0.2, 0.25) is 0 Å². The van der Waals surface area contributed by atoms with E-state index in [4.69, 9.17) is 9.97 Å². The molecule has 0 saturated carbocycles. The van der Waals surface area contributed by atoms with Crippen LogP contribution in [0.15, 0.2) is 73.2 Å². The van der Waals surface area contributed by atoms with Crippen molar-refractivity contribution < 1.29 is 14.0 Å². The first-order valence-electron chi connectivity index (χ1n) is 21.3. The topological polar surface area (TPSA) is 152 Å². The number of imidazole rings is 1. The smallest absolute Gasteiger partial charge is 0.249 e. The average Bonchev–Trinajstić information content (AvgIpc) is 3.60. The second-order valence-electron chi connectivity index (χ2n) is 16.8. The predicted molar refractivity (Wildman–Crippen MR) is 232 cm³/mol. The van der Waals surface area contributed by atoms with E-state index in [1.54, 1.807) is 18.6 Å². The summed E-state index contributed by atoms with van der Waals surface area (Å²) >= 11 is 0. The van der Waals surface area contributed by atoms with Crippen LogP contribution in [-0.4, -0.2) is 129 Å². The van der Waals surface area contributed by atoms with Gasteiger partial charge < -0.3 is 25.8 Å². The minimum atomic E-state index is -0.521. The number of rotatable bonds is 13. The van der Waals surface area contributed by atoms with E-state index in [2.05, 4.69) is 93.5 Å². The summed E-state index contributed by atoms with van der Waals surface area (Å²) in [6.07, 6.45) is 7.85. The maximum absolute atomic E-state index is 15.2. The summed E-state index contributed by atoms with van der Waals surface area (Å²) in [7, 11) is 0. The summed E-state index contributed by atoms with van der Waals surface area (Å²) in [6.45, 7) is 14.7. The third-order valence-corrected chi connectivity index (χ3v) is 12.5. The van der Waals surface area contributed by atoms with Crippen molar-refractivity contribution in [2.24, 2.45) is 0 Å². The second-order valence-corrected chi connectivity index (χ2v) is 16.8. The molecule has 15 nitrogen and oxygen atoms in total. The molecule has 0 spiro atoms. The Labute approximate surface area is 349 Å². The zero-order valence-electron chi connectivity index (χ0n) is 34.4. The molecule has 2 amide bonds. The Hall–Kier alpha value is -5.71. The van der Waals surface area contributed by atoms with Crippen molar-refractivity contribution >= 4 is 57.6 Å². The molecule has 60 heavy (non-hydrogen) atoms. The number of piperazine rings is 1. The fourth-order valence-corrected chi connectivity index (χ4v) is 9.01. The standard InChI is InChI=1S/C44H54FN13O2/c1-29(2)58-41-39(51-44(58)50-33-4-3-15-46-25-33)26-47-43(53-41)49-31-5-8-34(9-6-31)56-20-22-57(23-21-56)35-27-55(28-35)19-18-54-16-13-30(14-17-54)36-10-7-32(24-37(36)45)48-38-11-12-40(59)52-42(38)60/h3-10,15,24-26,29-30,35,38,48H,11-14,16-23,27-28H2,1-2H3,(H,50,51)(H,47,49,53)(H,52,59,60). The molecule has 1 unspecified atom stereocenters. The van der Waals surface area contributed by atoms with Gasteiger partial charge in [0.2, 0.25) is 23.7 Å². The van der Waals surface area contributed by atoms with E-state index < -0.39 is 6.04 Å². The Balaban J connectivity index is 0.689. The Morgan fingerprint density at radius 3 is 2.32 bits per heavy atom. The van der Waals surface area contributed by atoms with Crippen molar-refractivity contribution in [3.05, 3.63) is 84.6 Å². The van der Waals surface area contributed by atoms with Gasteiger partial charge in [-0.05, 0) is 106 Å². The Morgan fingerprint density at radius 2 is 1.60 bits per heavy atom. The van der Waals surface area contributed by atoms with Gasteiger partial charge in [-0.1, -0.05) is 6.07 Å². The zero-order chi connectivity index (χ0) is 41.2. The largest absolute Gasteiger partial charge is 0.374 e. The number of nitrogens with one attached hydrogen (secondary N) is 4. The van der Waals surface area contributed by atoms with Crippen LogP contribution in [0.1, 0.15) is 57.1 Å². The number of likely N-dealkylation sites (tertiary alicyclic amines) is 2. The molecule has 1 atom stereocenters. The second kappa shape index (κ2) is 17.5. The molecule has 4 aliphatic rings. The minimum Gasteiger partial charge on any atom is -0.374 e. The van der Waals surface area contributed by atoms with Gasteiger partial charge in [0.15, 0.2) is 5.65 Å². The maximum Gasteiger partial charge on any atom is 0.249 e. The number of carbonyl (C=O) groups is 2. The maximum atomic E-state index is 15.2. The summed E-state index contributed by atoms with van der Waals surface area (Å²) < 4.78 is 17.3. The van der Waals surface area contributed by atoms with E-state index in [1.165, 1.54) is 11.8 Å². The molecule has 9 rings (SSSR count). The molecule has 0 bridgehead atoms. The highest BCUT2D eigenvalue weighted by Gasteiger charge is 2.34. The van der Waals surface area contributed by atoms with Gasteiger partial charge in [0, 0.05) is 94.1 Å². The minimum absolute atomic E-state index is 0.132. The fourth-order valence-electron chi connectivity index (χ4n) is 9.01. The number of hydrogen-bond acceptors (Lipinski definition) is 13. The fraction of sp³-hybridized carbons (Fsp3) is 0.455. The lowest BCUT2D eigenvalue weighted by Gasteiger charge is -2.49. The van der Waals surface area contributed by atoms with Crippen LogP contribution in [-0.2, 0) is 9.59 Å². The Kier molecular flexibility index (Phi) is 11.6. The molecule has 314 valence electrons. The van der Waals surface area contributed by atoms with Crippen LogP contribution in [0.3, 0.4) is 0 Å². The highest BCUT2D eigenvalue weighted by Crippen LogP contribution is 2.32. The third kappa shape index (κ3) is 8.90. The van der Waals surface area contributed by atoms with Gasteiger partial charge in [-0.2, -0.15) is 4.98 Å². The quantitative estimate of drug-likeness (QED) is 0.114. The molecule has 4 fully saturated rings. The van der Waals surface area contributed by atoms with Gasteiger partial charge in [0.25, 0.3) is 0 Å². The van der Waals surface area contributed by atoms with Crippen LogP contribution < -0.4 is 26.2 Å². The zero-order valence-corrected chi connectivity index (χ0v) is 34.4. The number of nitrogens with zero attached hydrogens (tertiary/aromatic N) is 9. The molecular formula is C44H54FN13O2. The predicted octanol–water partition coefficient (Wildman–Crippen LogP) is 5.33. The van der Waals surface area contributed by atoms with E-state index in [-0.39, 0.29) is 36.0 Å². The van der Waals surface area contributed by atoms with Crippen LogP contribution in [0.4, 0.5) is 39.0 Å². The first kappa shape index (κ1) is 39.7. The van der Waals surface area contributed by atoms with E-state index in [1.807, 2.05) is 24.3 Å². The van der Waals surface area contributed by atoms with Crippen molar-refractivity contribution in [2.75, 3.05) is 86.3 Å². The number of pyridine rings is 1. The number of piperidine rings is 2. The molecule has 3 aromatic heterocycles. The van der Waals surface area contributed by atoms with Gasteiger partial charge in [0.1, 0.15) is 17.4 Å². The lowest BCUT2D eigenvalue weighted by Crippen LogP contribution is -2.63. The number of anilines is 6. The lowest BCUT2D eigenvalue weighted by molar-refractivity contribution is -0.133. The Morgan fingerprint density at radius 1 is 0.833 bits per heavy atom. The van der Waals surface area contributed by atoms with Crippen LogP contribution >= 0.6 is 0 Å². The summed E-state index contributed by atoms with van der Waals surface area (Å²) in [5.41, 5.74) is 5.82. The molecule has 0 aliphatic carbocycles. The first-order valence-corrected chi connectivity index (χ1v) is 21.3. The number of benzene rings is 2. The summed E-state index contributed by atoms with van der Waals surface area (Å²) in [5, 5.41) is 12.2. The molecular weight excluding hydrogens is 762 g/mol. The summed E-state index contributed by atoms with van der Waals surface area (Å²) in [6, 6.07) is 17.8. The monoisotopic (exact) mass is 815 g/mol. The summed E-state index contributed by atoms with van der Waals surface area (Å²) in [4.78, 5) is 52.1. The van der Waals surface area contributed by atoms with Gasteiger partial charge in [-0.15, -0.1) is 0 Å². The molecule has 16 heteroatoms. The van der Waals surface area contributed by atoms with Crippen molar-refractivity contribution in [3.63, 3.8) is 0 Å². The van der Waals surface area contributed by atoms with Crippen molar-refractivity contribution in [1.29, 1.82) is 0 Å². The van der Waals surface area contributed by atoms with Gasteiger partial charge >= 0.3 is 0 Å². The number of amides is 2. The van der Waals surface area contributed by atoms with Crippen molar-refractivity contribution in [3.8, 4) is 0 Å². The van der Waals surface area contributed by atoms with Crippen molar-refractivity contribution in [2.45, 2.75) is 63.6 Å². The third-order valence-electron chi connectivity index (χ3n) is 12.5. The molecule has 4 aliphatic heterocycles. The molecule has 0 radical (unpaired) electrons. The molecule has 7 heterocycles. The molecule has 2 aromatic carbocycles. The van der Waals surface area contributed by atoms with E-state index in [0.717, 1.165) is 106 Å². The SMILES string of the molecule is CC(C)n1c(Nc2cccnc2)nc2cnc(Nc3ccc(N4CCN(C5CN(CCN6CCC(c7ccc(NC8CCC(=O)NC8=O)cc7F)CC6)C5)CC4)cc3)nc21. The summed E-state index contributed by atoms with van der Waals surface area (Å²) in [5.74, 6) is 0.576. The van der Waals surface area contributed by atoms with Gasteiger partial charge in [-0.25, -0.2) is 14.4 Å². The first-order chi connectivity index (χ1) is 29.2. The normalized spacial score (nSPS) is 20.1. The van der Waals surface area contributed by atoms with Crippen molar-refractivity contribution in [1.82, 2.24) is 44.5 Å². The van der Waals surface area contributed by atoms with E-state index >= 15 is 4.39 Å². The van der Waals surface area contributed by atoms with Gasteiger partial charge in [0.05, 0.1) is 18.1 Å². The van der Waals surface area contributed by atoms with E-state index in [0.29, 0.717) is 30.0 Å². The number of carbonyl (C=O) groups excluding carboxylic acids is 2.